The van der Waals surface area contributed by atoms with Crippen LogP contribution in [0.3, 0.4) is 0 Å². The van der Waals surface area contributed by atoms with E-state index in [4.69, 9.17) is 16.3 Å². The number of fused-ring (bicyclic) bond motifs is 1. The van der Waals surface area contributed by atoms with Gasteiger partial charge in [0.15, 0.2) is 0 Å². The van der Waals surface area contributed by atoms with Gasteiger partial charge in [-0.15, -0.1) is 11.6 Å². The summed E-state index contributed by atoms with van der Waals surface area (Å²) in [6.07, 6.45) is 2.38. The summed E-state index contributed by atoms with van der Waals surface area (Å²) in [6, 6.07) is 4.14. The van der Waals surface area contributed by atoms with Crippen LogP contribution in [0.25, 0.3) is 0 Å². The molecule has 2 rings (SSSR count). The average Bonchev–Trinajstić information content (AvgIpc) is 2.76. The van der Waals surface area contributed by atoms with Crippen LogP contribution < -0.4 is 4.74 Å². The SMILES string of the molecule is CC(=O)C(CCCl)Cc1cc(Br)cc2c1OCC2. The summed E-state index contributed by atoms with van der Waals surface area (Å²) < 4.78 is 6.73. The first-order valence-corrected chi connectivity index (χ1v) is 7.45. The normalized spacial score (nSPS) is 15.1. The van der Waals surface area contributed by atoms with Gasteiger partial charge in [-0.1, -0.05) is 15.9 Å². The average molecular weight is 332 g/mol. The highest BCUT2D eigenvalue weighted by Crippen LogP contribution is 2.34. The number of Topliss-reactive ketones (excluding diaryl/α,β-unsaturated/α-hetero) is 1. The summed E-state index contributed by atoms with van der Waals surface area (Å²) >= 11 is 9.28. The molecule has 1 atom stereocenters. The maximum atomic E-state index is 11.6. The fourth-order valence-electron chi connectivity index (χ4n) is 2.34. The molecular formula is C14H16BrClO2. The van der Waals surface area contributed by atoms with E-state index in [1.54, 1.807) is 6.92 Å². The van der Waals surface area contributed by atoms with Crippen LogP contribution in [0.4, 0.5) is 0 Å². The molecule has 1 aromatic rings. The molecule has 2 nitrogen and oxygen atoms in total. The number of ether oxygens (including phenoxy) is 1. The molecule has 0 aromatic heterocycles. The minimum atomic E-state index is -0.00917. The minimum Gasteiger partial charge on any atom is -0.493 e. The Morgan fingerprint density at radius 1 is 1.56 bits per heavy atom. The van der Waals surface area contributed by atoms with Crippen molar-refractivity contribution in [2.75, 3.05) is 12.5 Å². The summed E-state index contributed by atoms with van der Waals surface area (Å²) in [5.41, 5.74) is 2.34. The first-order valence-electron chi connectivity index (χ1n) is 6.12. The van der Waals surface area contributed by atoms with Crippen molar-refractivity contribution >= 4 is 33.3 Å². The van der Waals surface area contributed by atoms with Crippen LogP contribution in [0.2, 0.25) is 0 Å². The van der Waals surface area contributed by atoms with E-state index in [1.807, 2.05) is 6.07 Å². The number of hydrogen-bond acceptors (Lipinski definition) is 2. The third-order valence-corrected chi connectivity index (χ3v) is 4.00. The first kappa shape index (κ1) is 13.9. The second-order valence-electron chi connectivity index (χ2n) is 4.64. The van der Waals surface area contributed by atoms with E-state index < -0.39 is 0 Å². The Kier molecular flexibility index (Phi) is 4.68. The topological polar surface area (TPSA) is 26.3 Å². The van der Waals surface area contributed by atoms with Crippen LogP contribution in [0.1, 0.15) is 24.5 Å². The Morgan fingerprint density at radius 3 is 3.00 bits per heavy atom. The van der Waals surface area contributed by atoms with E-state index in [-0.39, 0.29) is 11.7 Å². The van der Waals surface area contributed by atoms with Gasteiger partial charge in [0, 0.05) is 22.7 Å². The first-order chi connectivity index (χ1) is 8.61. The molecule has 1 aliphatic heterocycles. The fraction of sp³-hybridized carbons (Fsp3) is 0.500. The Balaban J connectivity index is 2.25. The molecule has 1 aromatic carbocycles. The van der Waals surface area contributed by atoms with Gasteiger partial charge in [-0.3, -0.25) is 4.79 Å². The Bertz CT molecular complexity index is 459. The maximum absolute atomic E-state index is 11.6. The molecule has 0 spiro atoms. The van der Waals surface area contributed by atoms with E-state index in [1.165, 1.54) is 5.56 Å². The van der Waals surface area contributed by atoms with Gasteiger partial charge in [-0.2, -0.15) is 0 Å². The van der Waals surface area contributed by atoms with Crippen molar-refractivity contribution in [3.8, 4) is 5.75 Å². The van der Waals surface area contributed by atoms with Crippen molar-refractivity contribution < 1.29 is 9.53 Å². The highest BCUT2D eigenvalue weighted by atomic mass is 79.9. The summed E-state index contributed by atoms with van der Waals surface area (Å²) in [5, 5.41) is 0. The van der Waals surface area contributed by atoms with Crippen molar-refractivity contribution in [2.24, 2.45) is 5.92 Å². The largest absolute Gasteiger partial charge is 0.493 e. The van der Waals surface area contributed by atoms with Gasteiger partial charge >= 0.3 is 0 Å². The zero-order chi connectivity index (χ0) is 13.1. The van der Waals surface area contributed by atoms with Crippen LogP contribution in [-0.2, 0) is 17.6 Å². The Morgan fingerprint density at radius 2 is 2.33 bits per heavy atom. The van der Waals surface area contributed by atoms with E-state index in [2.05, 4.69) is 22.0 Å². The second kappa shape index (κ2) is 6.07. The molecule has 0 N–H and O–H groups in total. The van der Waals surface area contributed by atoms with Crippen molar-refractivity contribution in [1.82, 2.24) is 0 Å². The van der Waals surface area contributed by atoms with Crippen molar-refractivity contribution in [2.45, 2.75) is 26.2 Å². The summed E-state index contributed by atoms with van der Waals surface area (Å²) in [7, 11) is 0. The molecule has 0 amide bonds. The third-order valence-electron chi connectivity index (χ3n) is 3.32. The number of alkyl halides is 1. The lowest BCUT2D eigenvalue weighted by Gasteiger charge is -2.15. The molecule has 98 valence electrons. The van der Waals surface area contributed by atoms with Crippen LogP contribution in [0.5, 0.6) is 5.75 Å². The van der Waals surface area contributed by atoms with Crippen LogP contribution in [0, 0.1) is 5.92 Å². The zero-order valence-corrected chi connectivity index (χ0v) is 12.7. The van der Waals surface area contributed by atoms with Gasteiger partial charge in [0.05, 0.1) is 6.61 Å². The lowest BCUT2D eigenvalue weighted by atomic mass is 9.92. The standard InChI is InChI=1S/C14H16BrClO2/c1-9(17)10(2-4-16)6-12-8-13(15)7-11-3-5-18-14(11)12/h7-8,10H,2-6H2,1H3. The number of carbonyl (C=O) groups excluding carboxylic acids is 1. The molecular weight excluding hydrogens is 316 g/mol. The molecule has 0 saturated carbocycles. The number of carbonyl (C=O) groups is 1. The number of rotatable bonds is 5. The van der Waals surface area contributed by atoms with Gasteiger partial charge in [0.2, 0.25) is 0 Å². The highest BCUT2D eigenvalue weighted by molar-refractivity contribution is 9.10. The van der Waals surface area contributed by atoms with E-state index in [0.29, 0.717) is 12.3 Å². The summed E-state index contributed by atoms with van der Waals surface area (Å²) in [4.78, 5) is 11.6. The summed E-state index contributed by atoms with van der Waals surface area (Å²) in [5.74, 6) is 1.67. The molecule has 0 saturated heterocycles. The zero-order valence-electron chi connectivity index (χ0n) is 10.3. The molecule has 4 heteroatoms. The molecule has 1 unspecified atom stereocenters. The fourth-order valence-corrected chi connectivity index (χ4v) is 3.16. The van der Waals surface area contributed by atoms with Crippen LogP contribution in [-0.4, -0.2) is 18.3 Å². The lowest BCUT2D eigenvalue weighted by Crippen LogP contribution is -2.15. The number of halogens is 2. The minimum absolute atomic E-state index is 0.00917. The Labute approximate surface area is 121 Å². The summed E-state index contributed by atoms with van der Waals surface area (Å²) in [6.45, 7) is 2.37. The highest BCUT2D eigenvalue weighted by Gasteiger charge is 2.21. The third kappa shape index (κ3) is 3.07. The molecule has 18 heavy (non-hydrogen) atoms. The van der Waals surface area contributed by atoms with Gasteiger partial charge in [0.25, 0.3) is 0 Å². The molecule has 1 aliphatic rings. The molecule has 0 radical (unpaired) electrons. The second-order valence-corrected chi connectivity index (χ2v) is 5.93. The van der Waals surface area contributed by atoms with E-state index in [0.717, 1.165) is 35.2 Å². The van der Waals surface area contributed by atoms with Crippen molar-refractivity contribution in [1.29, 1.82) is 0 Å². The van der Waals surface area contributed by atoms with Gasteiger partial charge in [-0.05, 0) is 43.0 Å². The number of ketones is 1. The van der Waals surface area contributed by atoms with Gasteiger partial charge < -0.3 is 4.74 Å². The molecule has 0 aliphatic carbocycles. The molecule has 0 fully saturated rings. The van der Waals surface area contributed by atoms with Crippen molar-refractivity contribution in [3.05, 3.63) is 27.7 Å². The predicted molar refractivity (Wildman–Crippen MR) is 76.6 cm³/mol. The quantitative estimate of drug-likeness (QED) is 0.768. The Hall–Kier alpha value is -0.540. The molecule has 1 heterocycles. The van der Waals surface area contributed by atoms with Crippen LogP contribution >= 0.6 is 27.5 Å². The van der Waals surface area contributed by atoms with Gasteiger partial charge in [-0.25, -0.2) is 0 Å². The van der Waals surface area contributed by atoms with Crippen LogP contribution in [0.15, 0.2) is 16.6 Å². The van der Waals surface area contributed by atoms with Gasteiger partial charge in [0.1, 0.15) is 11.5 Å². The lowest BCUT2D eigenvalue weighted by molar-refractivity contribution is -0.120. The number of hydrogen-bond donors (Lipinski definition) is 0. The predicted octanol–water partition coefficient (Wildman–Crippen LogP) is 3.76. The van der Waals surface area contributed by atoms with E-state index >= 15 is 0 Å². The van der Waals surface area contributed by atoms with E-state index in [9.17, 15) is 4.79 Å². The molecule has 0 bridgehead atoms. The van der Waals surface area contributed by atoms with Crippen molar-refractivity contribution in [3.63, 3.8) is 0 Å². The number of benzene rings is 1. The maximum Gasteiger partial charge on any atom is 0.133 e. The smallest absolute Gasteiger partial charge is 0.133 e. The monoisotopic (exact) mass is 330 g/mol.